The average molecular weight is 321 g/mol. The molecule has 1 N–H and O–H groups in total. The number of carbonyl (C=O) groups is 3. The monoisotopic (exact) mass is 321 g/mol. The summed E-state index contributed by atoms with van der Waals surface area (Å²) in [5.74, 6) is -0.755. The molecule has 0 spiro atoms. The molecule has 126 valence electrons. The number of nitrogens with one attached hydrogen (secondary N) is 1. The average Bonchev–Trinajstić information content (AvgIpc) is 2.58. The van der Waals surface area contributed by atoms with Gasteiger partial charge in [0.2, 0.25) is 0 Å². The Bertz CT molecular complexity index is 489. The van der Waals surface area contributed by atoms with Gasteiger partial charge in [-0.25, -0.2) is 0 Å². The van der Waals surface area contributed by atoms with Crippen LogP contribution in [-0.2, 0) is 30.4 Å². The molecule has 6 heteroatoms. The number of carbonyl (C=O) groups excluding carboxylic acids is 3. The fourth-order valence-electron chi connectivity index (χ4n) is 1.74. The Hall–Kier alpha value is -2.21. The standard InChI is InChI=1S/C17H23NO5/c1-14(18-13-15-7-3-2-4-8-15)17(21)23-12-6-11-22-16(20)9-5-10-19/h2-4,7-8,10,14,18H,5-6,9,11-13H2,1H3. The maximum absolute atomic E-state index is 11.8. The maximum Gasteiger partial charge on any atom is 0.322 e. The van der Waals surface area contributed by atoms with Crippen LogP contribution in [0.4, 0.5) is 0 Å². The summed E-state index contributed by atoms with van der Waals surface area (Å²) in [7, 11) is 0. The first-order valence-corrected chi connectivity index (χ1v) is 7.66. The summed E-state index contributed by atoms with van der Waals surface area (Å²) in [6.07, 6.45) is 1.36. The number of benzene rings is 1. The summed E-state index contributed by atoms with van der Waals surface area (Å²) in [6.45, 7) is 2.70. The molecule has 6 nitrogen and oxygen atoms in total. The summed E-state index contributed by atoms with van der Waals surface area (Å²) in [5, 5.41) is 3.09. The van der Waals surface area contributed by atoms with Gasteiger partial charge in [0.25, 0.3) is 0 Å². The Balaban J connectivity index is 2.08. The van der Waals surface area contributed by atoms with Crippen LogP contribution >= 0.6 is 0 Å². The molecular formula is C17H23NO5. The molecule has 1 aromatic carbocycles. The molecule has 1 aromatic rings. The van der Waals surface area contributed by atoms with E-state index in [0.29, 0.717) is 19.3 Å². The largest absolute Gasteiger partial charge is 0.466 e. The first-order valence-electron chi connectivity index (χ1n) is 7.66. The van der Waals surface area contributed by atoms with E-state index in [2.05, 4.69) is 5.32 Å². The summed E-state index contributed by atoms with van der Waals surface area (Å²) >= 11 is 0. The van der Waals surface area contributed by atoms with E-state index in [9.17, 15) is 14.4 Å². The van der Waals surface area contributed by atoms with Gasteiger partial charge in [-0.2, -0.15) is 0 Å². The SMILES string of the molecule is CC(NCc1ccccc1)C(=O)OCCCOC(=O)CCC=O. The Labute approximate surface area is 136 Å². The second kappa shape index (κ2) is 11.4. The van der Waals surface area contributed by atoms with Gasteiger partial charge in [-0.1, -0.05) is 30.3 Å². The number of ether oxygens (including phenoxy) is 2. The van der Waals surface area contributed by atoms with Crippen LogP contribution in [0.3, 0.4) is 0 Å². The highest BCUT2D eigenvalue weighted by Gasteiger charge is 2.13. The van der Waals surface area contributed by atoms with Crippen molar-refractivity contribution in [3.8, 4) is 0 Å². The lowest BCUT2D eigenvalue weighted by Crippen LogP contribution is -2.35. The molecular weight excluding hydrogens is 298 g/mol. The van der Waals surface area contributed by atoms with Gasteiger partial charge in [0, 0.05) is 19.4 Å². The topological polar surface area (TPSA) is 81.7 Å². The molecule has 1 atom stereocenters. The lowest BCUT2D eigenvalue weighted by molar-refractivity contribution is -0.147. The van der Waals surface area contributed by atoms with E-state index < -0.39 is 12.0 Å². The molecule has 0 aliphatic rings. The third-order valence-corrected chi connectivity index (χ3v) is 3.07. The molecule has 23 heavy (non-hydrogen) atoms. The second-order valence-electron chi connectivity index (χ2n) is 5.04. The molecule has 0 radical (unpaired) electrons. The van der Waals surface area contributed by atoms with E-state index in [4.69, 9.17) is 9.47 Å². The minimum atomic E-state index is -0.415. The highest BCUT2D eigenvalue weighted by molar-refractivity contribution is 5.75. The van der Waals surface area contributed by atoms with Crippen molar-refractivity contribution in [1.82, 2.24) is 5.32 Å². The number of aldehydes is 1. The van der Waals surface area contributed by atoms with Gasteiger partial charge >= 0.3 is 11.9 Å². The lowest BCUT2D eigenvalue weighted by atomic mass is 10.2. The van der Waals surface area contributed by atoms with Gasteiger partial charge < -0.3 is 19.6 Å². The molecule has 0 aliphatic carbocycles. The maximum atomic E-state index is 11.8. The normalized spacial score (nSPS) is 11.5. The lowest BCUT2D eigenvalue weighted by Gasteiger charge is -2.13. The molecule has 0 heterocycles. The van der Waals surface area contributed by atoms with Gasteiger partial charge in [0.15, 0.2) is 0 Å². The zero-order valence-corrected chi connectivity index (χ0v) is 13.3. The molecule has 0 fully saturated rings. The van der Waals surface area contributed by atoms with Crippen LogP contribution in [-0.4, -0.2) is 37.5 Å². The molecule has 0 amide bonds. The van der Waals surface area contributed by atoms with E-state index in [0.717, 1.165) is 5.56 Å². The second-order valence-corrected chi connectivity index (χ2v) is 5.04. The third-order valence-electron chi connectivity index (χ3n) is 3.07. The van der Waals surface area contributed by atoms with Crippen LogP contribution in [0.1, 0.15) is 31.7 Å². The van der Waals surface area contributed by atoms with Crippen molar-refractivity contribution in [3.63, 3.8) is 0 Å². The number of hydrogen-bond donors (Lipinski definition) is 1. The summed E-state index contributed by atoms with van der Waals surface area (Å²) in [5.41, 5.74) is 1.09. The molecule has 0 saturated heterocycles. The molecule has 0 aliphatic heterocycles. The number of hydrogen-bond acceptors (Lipinski definition) is 6. The van der Waals surface area contributed by atoms with Gasteiger partial charge in [0.1, 0.15) is 12.3 Å². The van der Waals surface area contributed by atoms with Gasteiger partial charge in [-0.15, -0.1) is 0 Å². The van der Waals surface area contributed by atoms with E-state index in [1.165, 1.54) is 0 Å². The quantitative estimate of drug-likeness (QED) is 0.379. The fourth-order valence-corrected chi connectivity index (χ4v) is 1.74. The minimum Gasteiger partial charge on any atom is -0.466 e. The molecule has 1 rings (SSSR count). The predicted octanol–water partition coefficient (Wildman–Crippen LogP) is 1.62. The van der Waals surface area contributed by atoms with E-state index in [-0.39, 0.29) is 32.0 Å². The third kappa shape index (κ3) is 8.73. The van der Waals surface area contributed by atoms with Crippen molar-refractivity contribution in [2.75, 3.05) is 13.2 Å². The van der Waals surface area contributed by atoms with Crippen molar-refractivity contribution in [3.05, 3.63) is 35.9 Å². The van der Waals surface area contributed by atoms with E-state index in [1.807, 2.05) is 30.3 Å². The summed E-state index contributed by atoms with van der Waals surface area (Å²) in [6, 6.07) is 9.36. The van der Waals surface area contributed by atoms with Crippen molar-refractivity contribution in [1.29, 1.82) is 0 Å². The number of esters is 2. The first-order chi connectivity index (χ1) is 11.1. The zero-order valence-electron chi connectivity index (χ0n) is 13.3. The Kier molecular flexibility index (Phi) is 9.31. The van der Waals surface area contributed by atoms with Gasteiger partial charge in [-0.3, -0.25) is 9.59 Å². The predicted molar refractivity (Wildman–Crippen MR) is 84.6 cm³/mol. The molecule has 0 aromatic heterocycles. The van der Waals surface area contributed by atoms with E-state index >= 15 is 0 Å². The smallest absolute Gasteiger partial charge is 0.322 e. The fraction of sp³-hybridized carbons (Fsp3) is 0.471. The highest BCUT2D eigenvalue weighted by Crippen LogP contribution is 1.99. The van der Waals surface area contributed by atoms with Crippen LogP contribution in [0.25, 0.3) is 0 Å². The van der Waals surface area contributed by atoms with Crippen molar-refractivity contribution >= 4 is 18.2 Å². The van der Waals surface area contributed by atoms with Crippen molar-refractivity contribution in [2.45, 2.75) is 38.8 Å². The van der Waals surface area contributed by atoms with Crippen molar-refractivity contribution < 1.29 is 23.9 Å². The van der Waals surface area contributed by atoms with Crippen molar-refractivity contribution in [2.24, 2.45) is 0 Å². The van der Waals surface area contributed by atoms with Gasteiger partial charge in [0.05, 0.1) is 19.6 Å². The molecule has 0 bridgehead atoms. The van der Waals surface area contributed by atoms with Crippen LogP contribution < -0.4 is 5.32 Å². The Morgan fingerprint density at radius 2 is 1.87 bits per heavy atom. The molecule has 0 saturated carbocycles. The van der Waals surface area contributed by atoms with Crippen LogP contribution in [0.2, 0.25) is 0 Å². The zero-order chi connectivity index (χ0) is 16.9. The summed E-state index contributed by atoms with van der Waals surface area (Å²) in [4.78, 5) is 33.0. The van der Waals surface area contributed by atoms with Crippen LogP contribution in [0.5, 0.6) is 0 Å². The first kappa shape index (κ1) is 18.8. The highest BCUT2D eigenvalue weighted by atomic mass is 16.5. The van der Waals surface area contributed by atoms with Crippen LogP contribution in [0.15, 0.2) is 30.3 Å². The van der Waals surface area contributed by atoms with Gasteiger partial charge in [-0.05, 0) is 12.5 Å². The molecule has 1 unspecified atom stereocenters. The van der Waals surface area contributed by atoms with Crippen LogP contribution in [0, 0.1) is 0 Å². The number of rotatable bonds is 11. The minimum absolute atomic E-state index is 0.0870. The summed E-state index contributed by atoms with van der Waals surface area (Å²) < 4.78 is 9.99. The Morgan fingerprint density at radius 1 is 1.17 bits per heavy atom. The Morgan fingerprint density at radius 3 is 2.57 bits per heavy atom. The van der Waals surface area contributed by atoms with E-state index in [1.54, 1.807) is 6.92 Å².